The number of carboxylic acid groups (broad SMARTS) is 1. The minimum atomic E-state index is -1.32. The summed E-state index contributed by atoms with van der Waals surface area (Å²) in [4.78, 5) is 12.0. The third-order valence-electron chi connectivity index (χ3n) is 15.6. The number of ether oxygens (including phenoxy) is 4. The molecule has 0 amide bonds. The summed E-state index contributed by atoms with van der Waals surface area (Å²) in [6, 6.07) is 0. The second-order valence-electron chi connectivity index (χ2n) is 18.8. The van der Waals surface area contributed by atoms with E-state index in [0.29, 0.717) is 56.6 Å². The quantitative estimate of drug-likeness (QED) is 0.0757. The second-order valence-corrected chi connectivity index (χ2v) is 18.8. The van der Waals surface area contributed by atoms with Crippen LogP contribution in [-0.2, 0) is 23.7 Å². The van der Waals surface area contributed by atoms with Gasteiger partial charge in [0, 0.05) is 29.9 Å². The zero-order valence-electron chi connectivity index (χ0n) is 35.1. The topological polar surface area (TPSA) is 159 Å². The third-order valence-corrected chi connectivity index (χ3v) is 15.6. The van der Waals surface area contributed by atoms with Gasteiger partial charge in [0.1, 0.15) is 6.10 Å². The number of nitrogens with one attached hydrogen (secondary N) is 1. The summed E-state index contributed by atoms with van der Waals surface area (Å²) >= 11 is 0. The molecule has 0 aromatic heterocycles. The molecule has 5 N–H and O–H groups in total. The summed E-state index contributed by atoms with van der Waals surface area (Å²) in [6.45, 7) is 20.6. The highest BCUT2D eigenvalue weighted by atomic mass is 16.8. The minimum absolute atomic E-state index is 0.0424. The van der Waals surface area contributed by atoms with E-state index in [1.54, 1.807) is 6.08 Å². The molecule has 2 spiro atoms. The molecule has 0 bridgehead atoms. The number of carboxylic acids is 1. The van der Waals surface area contributed by atoms with Crippen molar-refractivity contribution in [2.45, 2.75) is 200 Å². The van der Waals surface area contributed by atoms with Crippen molar-refractivity contribution in [1.29, 1.82) is 5.41 Å². The van der Waals surface area contributed by atoms with E-state index in [0.717, 1.165) is 32.1 Å². The van der Waals surface area contributed by atoms with Gasteiger partial charge in [-0.15, -0.1) is 0 Å². The maximum Gasteiger partial charge on any atom is 0.306 e. The first-order valence-electron chi connectivity index (χ1n) is 21.6. The summed E-state index contributed by atoms with van der Waals surface area (Å²) in [5.74, 6) is -3.32. The summed E-state index contributed by atoms with van der Waals surface area (Å²) < 4.78 is 27.3. The highest BCUT2D eigenvalue weighted by Crippen LogP contribution is 2.54. The fraction of sp³-hybridized carbons (Fsp3) is 0.909. The van der Waals surface area contributed by atoms with Gasteiger partial charge in [0.15, 0.2) is 5.79 Å². The number of aliphatic hydroxyl groups is 3. The zero-order valence-corrected chi connectivity index (χ0v) is 35.1. The highest BCUT2D eigenvalue weighted by Gasteiger charge is 2.63. The molecule has 0 aromatic carbocycles. The first-order chi connectivity index (χ1) is 25.3. The van der Waals surface area contributed by atoms with Gasteiger partial charge in [0.25, 0.3) is 0 Å². The van der Waals surface area contributed by atoms with Crippen molar-refractivity contribution in [2.24, 2.45) is 53.3 Å². The second kappa shape index (κ2) is 16.8. The third kappa shape index (κ3) is 8.15. The Balaban J connectivity index is 1.30. The number of hydrogen-bond acceptors (Lipinski definition) is 9. The summed E-state index contributed by atoms with van der Waals surface area (Å²) in [5, 5.41) is 53.8. The normalized spacial score (nSPS) is 45.8. The molecule has 0 unspecified atom stereocenters. The minimum Gasteiger partial charge on any atom is -0.481 e. The Bertz CT molecular complexity index is 1340. The van der Waals surface area contributed by atoms with E-state index in [1.165, 1.54) is 0 Å². The molecule has 1 saturated carbocycles. The molecule has 5 rings (SSSR count). The zero-order chi connectivity index (χ0) is 40.0. The number of aliphatic hydroxyl groups excluding tert-OH is 2. The van der Waals surface area contributed by atoms with Crippen molar-refractivity contribution in [3.63, 3.8) is 0 Å². The summed E-state index contributed by atoms with van der Waals surface area (Å²) in [6.07, 6.45) is 9.66. The summed E-state index contributed by atoms with van der Waals surface area (Å²) in [7, 11) is 0. The van der Waals surface area contributed by atoms with Gasteiger partial charge in [-0.25, -0.2) is 0 Å². The SMILES string of the molecule is CC[C@@H](C(=O)O)[C@@H]1CC[C@@H]([C@@H](C)[C@H](O)[C@H](C)C(=N)[C@H](CC)[C@H]2O[C@]3(C=C[C@@H](O)[C@]4(CC[C@@](C)([C@H]5CC[C@](O)(CC)[C@H](C)O5)O4)O3)[C@H](C)C[C@@H]2C)[C@@H](C)CC1. The van der Waals surface area contributed by atoms with Crippen molar-refractivity contribution in [1.82, 2.24) is 0 Å². The van der Waals surface area contributed by atoms with Gasteiger partial charge in [-0.3, -0.25) is 4.79 Å². The van der Waals surface area contributed by atoms with E-state index in [4.69, 9.17) is 18.9 Å². The van der Waals surface area contributed by atoms with Crippen LogP contribution < -0.4 is 0 Å². The van der Waals surface area contributed by atoms with E-state index in [9.17, 15) is 30.6 Å². The molecule has 4 fully saturated rings. The molecule has 10 nitrogen and oxygen atoms in total. The van der Waals surface area contributed by atoms with Crippen LogP contribution in [0, 0.1) is 58.7 Å². The molecule has 3 saturated heterocycles. The predicted octanol–water partition coefficient (Wildman–Crippen LogP) is 7.90. The van der Waals surface area contributed by atoms with E-state index in [-0.39, 0.29) is 65.7 Å². The summed E-state index contributed by atoms with van der Waals surface area (Å²) in [5.41, 5.74) is -1.09. The Kier molecular flexibility index (Phi) is 13.6. The molecule has 0 aromatic rings. The van der Waals surface area contributed by atoms with Crippen molar-refractivity contribution in [3.8, 4) is 0 Å². The molecule has 0 radical (unpaired) electrons. The van der Waals surface area contributed by atoms with Crippen LogP contribution in [0.3, 0.4) is 0 Å². The fourth-order valence-corrected chi connectivity index (χ4v) is 11.5. The largest absolute Gasteiger partial charge is 0.481 e. The van der Waals surface area contributed by atoms with Gasteiger partial charge in [-0.2, -0.15) is 0 Å². The van der Waals surface area contributed by atoms with Gasteiger partial charge < -0.3 is 44.8 Å². The first kappa shape index (κ1) is 43.7. The Morgan fingerprint density at radius 3 is 2.20 bits per heavy atom. The van der Waals surface area contributed by atoms with Gasteiger partial charge in [-0.1, -0.05) is 61.8 Å². The molecule has 1 aliphatic carbocycles. The Hall–Kier alpha value is -1.40. The molecule has 5 aliphatic rings. The first-order valence-corrected chi connectivity index (χ1v) is 21.6. The van der Waals surface area contributed by atoms with Crippen LogP contribution in [0.2, 0.25) is 0 Å². The van der Waals surface area contributed by atoms with Crippen LogP contribution in [-0.4, -0.2) is 85.4 Å². The van der Waals surface area contributed by atoms with Crippen molar-refractivity contribution < 1.29 is 44.2 Å². The lowest BCUT2D eigenvalue weighted by atomic mass is 9.70. The van der Waals surface area contributed by atoms with E-state index < -0.39 is 41.0 Å². The molecule has 310 valence electrons. The van der Waals surface area contributed by atoms with Crippen LogP contribution in [0.4, 0.5) is 0 Å². The van der Waals surface area contributed by atoms with Crippen molar-refractivity contribution >= 4 is 11.7 Å². The van der Waals surface area contributed by atoms with Gasteiger partial charge in [0.05, 0.1) is 41.5 Å². The highest BCUT2D eigenvalue weighted by molar-refractivity contribution is 5.87. The Morgan fingerprint density at radius 1 is 0.926 bits per heavy atom. The van der Waals surface area contributed by atoms with Gasteiger partial charge >= 0.3 is 5.97 Å². The van der Waals surface area contributed by atoms with Crippen LogP contribution in [0.25, 0.3) is 0 Å². The Morgan fingerprint density at radius 2 is 1.59 bits per heavy atom. The lowest BCUT2D eigenvalue weighted by Crippen LogP contribution is -2.63. The average molecular weight is 762 g/mol. The molecule has 4 heterocycles. The molecule has 10 heteroatoms. The number of hydrogen-bond donors (Lipinski definition) is 5. The van der Waals surface area contributed by atoms with Gasteiger partial charge in [0.2, 0.25) is 5.79 Å². The van der Waals surface area contributed by atoms with Gasteiger partial charge in [-0.05, 0) is 120 Å². The maximum absolute atomic E-state index is 12.0. The lowest BCUT2D eigenvalue weighted by Gasteiger charge is -2.54. The van der Waals surface area contributed by atoms with Crippen LogP contribution in [0.5, 0.6) is 0 Å². The number of aliphatic carboxylic acids is 1. The average Bonchev–Trinajstić information content (AvgIpc) is 3.36. The number of rotatable bonds is 12. The van der Waals surface area contributed by atoms with Crippen LogP contribution in [0.15, 0.2) is 12.2 Å². The van der Waals surface area contributed by atoms with Crippen LogP contribution in [0.1, 0.15) is 146 Å². The van der Waals surface area contributed by atoms with E-state index in [2.05, 4.69) is 34.6 Å². The standard InChI is InChI=1S/C44H75NO9/c1-11-32(40(48)49)31-15-14-25(4)34(17-16-31)28(7)38(47)29(8)37(45)33(12-2)39-26(5)24-27(6)43(52-39)21-18-35(46)44(54-43)23-22-41(10,53-44)36-19-20-42(50,13-3)30(9)51-36/h18,21,25-36,38-39,45-47,50H,11-17,19-20,22-24H2,1-10H3,(H,48,49)/t25-,26-,27+,28+,29+,30-,31-,32+,33-,34+,35+,36+,38-,39-,41-,42+,43-,44-/m0/s1. The monoisotopic (exact) mass is 762 g/mol. The fourth-order valence-electron chi connectivity index (χ4n) is 11.5. The molecule has 4 aliphatic heterocycles. The van der Waals surface area contributed by atoms with E-state index >= 15 is 0 Å². The smallest absolute Gasteiger partial charge is 0.306 e. The van der Waals surface area contributed by atoms with Crippen LogP contribution >= 0.6 is 0 Å². The lowest BCUT2D eigenvalue weighted by molar-refractivity contribution is -0.408. The Labute approximate surface area is 325 Å². The maximum atomic E-state index is 12.0. The number of carbonyl (C=O) groups is 1. The molecule has 18 atom stereocenters. The van der Waals surface area contributed by atoms with Crippen molar-refractivity contribution in [3.05, 3.63) is 12.2 Å². The molecular formula is C44H75NO9. The molecule has 54 heavy (non-hydrogen) atoms. The molecular weight excluding hydrogens is 686 g/mol. The van der Waals surface area contributed by atoms with E-state index in [1.807, 2.05) is 40.7 Å². The predicted molar refractivity (Wildman–Crippen MR) is 209 cm³/mol. The van der Waals surface area contributed by atoms with Crippen molar-refractivity contribution in [2.75, 3.05) is 0 Å².